The van der Waals surface area contributed by atoms with E-state index < -0.39 is 0 Å². The fraction of sp³-hybridized carbons (Fsp3) is 0.778. The molecule has 158 valence electrons. The lowest BCUT2D eigenvalue weighted by Gasteiger charge is -2.37. The molecule has 0 radical (unpaired) electrons. The lowest BCUT2D eigenvalue weighted by Crippen LogP contribution is -2.22. The number of nitroso groups, excluding NO2 is 1. The Balaban J connectivity index is 1.71. The van der Waals surface area contributed by atoms with Gasteiger partial charge in [0.2, 0.25) is 0 Å². The van der Waals surface area contributed by atoms with E-state index in [-0.39, 0.29) is 6.04 Å². The molecule has 0 aromatic heterocycles. The summed E-state index contributed by atoms with van der Waals surface area (Å²) in [7, 11) is 0. The standard InChI is InChI=1S/C27H39NO/c29-28-21-14-9-17-24-25(18-21)27(20-12-5-2-6-13-20)23-16-8-7-15-22(23)26(24)19-10-3-1-4-11-19/h19-21H,1-18H2. The highest BCUT2D eigenvalue weighted by Gasteiger charge is 2.34. The van der Waals surface area contributed by atoms with E-state index in [1.807, 2.05) is 0 Å². The molecule has 2 nitrogen and oxygen atoms in total. The van der Waals surface area contributed by atoms with Crippen molar-refractivity contribution in [2.45, 2.75) is 133 Å². The third kappa shape index (κ3) is 3.81. The van der Waals surface area contributed by atoms with E-state index >= 15 is 0 Å². The Morgan fingerprint density at radius 2 is 1.00 bits per heavy atom. The molecule has 0 saturated heterocycles. The Morgan fingerprint density at radius 1 is 0.517 bits per heavy atom. The average Bonchev–Trinajstić information content (AvgIpc) is 3.00. The van der Waals surface area contributed by atoms with Crippen molar-refractivity contribution >= 4 is 0 Å². The monoisotopic (exact) mass is 393 g/mol. The first-order valence-corrected chi connectivity index (χ1v) is 12.9. The zero-order chi connectivity index (χ0) is 19.6. The van der Waals surface area contributed by atoms with Crippen molar-refractivity contribution in [1.82, 2.24) is 0 Å². The molecule has 4 aliphatic carbocycles. The summed E-state index contributed by atoms with van der Waals surface area (Å²) in [4.78, 5) is 11.6. The maximum Gasteiger partial charge on any atom is 0.0960 e. The molecule has 29 heavy (non-hydrogen) atoms. The van der Waals surface area contributed by atoms with Crippen LogP contribution in [0.4, 0.5) is 0 Å². The predicted octanol–water partition coefficient (Wildman–Crippen LogP) is 7.67. The van der Waals surface area contributed by atoms with Crippen molar-refractivity contribution in [2.75, 3.05) is 0 Å². The molecule has 2 heteroatoms. The highest BCUT2D eigenvalue weighted by atomic mass is 16.3. The third-order valence-electron chi connectivity index (χ3n) is 8.71. The molecule has 1 atom stereocenters. The molecule has 1 unspecified atom stereocenters. The van der Waals surface area contributed by atoms with Gasteiger partial charge in [-0.25, -0.2) is 0 Å². The van der Waals surface area contributed by atoms with Crippen molar-refractivity contribution < 1.29 is 0 Å². The van der Waals surface area contributed by atoms with E-state index in [2.05, 4.69) is 5.18 Å². The fourth-order valence-corrected chi connectivity index (χ4v) is 7.42. The lowest BCUT2D eigenvalue weighted by molar-refractivity contribution is 0.428. The minimum Gasteiger partial charge on any atom is -0.151 e. The van der Waals surface area contributed by atoms with E-state index in [1.54, 1.807) is 33.4 Å². The zero-order valence-electron chi connectivity index (χ0n) is 18.3. The van der Waals surface area contributed by atoms with Gasteiger partial charge in [0.15, 0.2) is 0 Å². The van der Waals surface area contributed by atoms with Gasteiger partial charge in [-0.2, -0.15) is 4.91 Å². The Hall–Kier alpha value is -1.18. The number of nitrogens with zero attached hydrogens (tertiary/aromatic N) is 1. The maximum absolute atomic E-state index is 11.6. The topological polar surface area (TPSA) is 29.4 Å². The van der Waals surface area contributed by atoms with Crippen LogP contribution in [-0.4, -0.2) is 6.04 Å². The maximum atomic E-state index is 11.6. The minimum absolute atomic E-state index is 0.0134. The fourth-order valence-electron chi connectivity index (χ4n) is 7.42. The Kier molecular flexibility index (Phi) is 6.07. The van der Waals surface area contributed by atoms with E-state index in [0.717, 1.165) is 31.1 Å². The largest absolute Gasteiger partial charge is 0.151 e. The second kappa shape index (κ2) is 8.90. The molecular formula is C27H39NO. The van der Waals surface area contributed by atoms with Crippen molar-refractivity contribution in [3.05, 3.63) is 38.3 Å². The van der Waals surface area contributed by atoms with Crippen LogP contribution in [0.1, 0.15) is 135 Å². The van der Waals surface area contributed by atoms with Crippen LogP contribution in [0.5, 0.6) is 0 Å². The summed E-state index contributed by atoms with van der Waals surface area (Å²) in [6.07, 6.45) is 23.7. The smallest absolute Gasteiger partial charge is 0.0960 e. The first-order valence-electron chi connectivity index (χ1n) is 12.9. The third-order valence-corrected chi connectivity index (χ3v) is 8.71. The second-order valence-electron chi connectivity index (χ2n) is 10.5. The summed E-state index contributed by atoms with van der Waals surface area (Å²) >= 11 is 0. The predicted molar refractivity (Wildman–Crippen MR) is 121 cm³/mol. The molecule has 0 bridgehead atoms. The molecule has 0 heterocycles. The first kappa shape index (κ1) is 19.8. The molecule has 0 spiro atoms. The van der Waals surface area contributed by atoms with Crippen molar-refractivity contribution in [1.29, 1.82) is 0 Å². The summed E-state index contributed by atoms with van der Waals surface area (Å²) in [5.41, 5.74) is 10.5. The van der Waals surface area contributed by atoms with Crippen molar-refractivity contribution in [3.63, 3.8) is 0 Å². The molecule has 4 aliphatic rings. The lowest BCUT2D eigenvalue weighted by atomic mass is 9.68. The molecule has 0 amide bonds. The van der Waals surface area contributed by atoms with Crippen LogP contribution in [-0.2, 0) is 25.7 Å². The van der Waals surface area contributed by atoms with E-state index in [1.165, 1.54) is 96.3 Å². The molecule has 1 aromatic rings. The Morgan fingerprint density at radius 3 is 1.55 bits per heavy atom. The van der Waals surface area contributed by atoms with E-state index in [0.29, 0.717) is 0 Å². The number of hydrogen-bond acceptors (Lipinski definition) is 2. The van der Waals surface area contributed by atoms with Gasteiger partial charge in [0.1, 0.15) is 0 Å². The minimum atomic E-state index is 0.0134. The van der Waals surface area contributed by atoms with Gasteiger partial charge in [-0.05, 0) is 122 Å². The molecule has 2 fully saturated rings. The summed E-state index contributed by atoms with van der Waals surface area (Å²) < 4.78 is 0. The summed E-state index contributed by atoms with van der Waals surface area (Å²) in [6, 6.07) is 0.0134. The molecule has 2 saturated carbocycles. The number of fused-ring (bicyclic) bond motifs is 2. The van der Waals surface area contributed by atoms with Crippen molar-refractivity contribution in [2.24, 2.45) is 5.18 Å². The number of rotatable bonds is 3. The second-order valence-corrected chi connectivity index (χ2v) is 10.5. The quantitative estimate of drug-likeness (QED) is 0.382. The van der Waals surface area contributed by atoms with E-state index in [9.17, 15) is 4.91 Å². The van der Waals surface area contributed by atoms with Gasteiger partial charge in [-0.3, -0.25) is 0 Å². The SMILES string of the molecule is O=NC1CCCc2c(c(C3CCCCC3)c3c(c2C2CCCCC2)CCCC3)C1. The van der Waals surface area contributed by atoms with Crippen LogP contribution in [0.2, 0.25) is 0 Å². The van der Waals surface area contributed by atoms with Gasteiger partial charge in [0.25, 0.3) is 0 Å². The summed E-state index contributed by atoms with van der Waals surface area (Å²) in [6.45, 7) is 0. The highest BCUT2D eigenvalue weighted by Crippen LogP contribution is 2.48. The average molecular weight is 394 g/mol. The van der Waals surface area contributed by atoms with Crippen LogP contribution in [0.25, 0.3) is 0 Å². The van der Waals surface area contributed by atoms with Crippen LogP contribution < -0.4 is 0 Å². The van der Waals surface area contributed by atoms with Crippen molar-refractivity contribution in [3.8, 4) is 0 Å². The Bertz CT molecular complexity index is 740. The van der Waals surface area contributed by atoms with Crippen LogP contribution in [0, 0.1) is 4.91 Å². The highest BCUT2D eigenvalue weighted by molar-refractivity contribution is 5.56. The van der Waals surface area contributed by atoms with Gasteiger partial charge in [-0.15, -0.1) is 0 Å². The van der Waals surface area contributed by atoms with Gasteiger partial charge in [0, 0.05) is 0 Å². The van der Waals surface area contributed by atoms with Gasteiger partial charge >= 0.3 is 0 Å². The number of benzene rings is 1. The van der Waals surface area contributed by atoms with Crippen LogP contribution in [0.3, 0.4) is 0 Å². The van der Waals surface area contributed by atoms with Crippen LogP contribution in [0.15, 0.2) is 5.18 Å². The van der Waals surface area contributed by atoms with E-state index in [4.69, 9.17) is 0 Å². The normalized spacial score (nSPS) is 26.4. The molecule has 0 aliphatic heterocycles. The number of hydrogen-bond donors (Lipinski definition) is 0. The summed E-state index contributed by atoms with van der Waals surface area (Å²) in [5.74, 6) is 1.56. The van der Waals surface area contributed by atoms with Crippen LogP contribution >= 0.6 is 0 Å². The zero-order valence-corrected chi connectivity index (χ0v) is 18.3. The van der Waals surface area contributed by atoms with Gasteiger partial charge in [-0.1, -0.05) is 43.7 Å². The molecule has 5 rings (SSSR count). The molecule has 0 N–H and O–H groups in total. The Labute approximate surface area is 177 Å². The van der Waals surface area contributed by atoms with Gasteiger partial charge in [0.05, 0.1) is 6.04 Å². The summed E-state index contributed by atoms with van der Waals surface area (Å²) in [5, 5.41) is 3.60. The molecule has 1 aromatic carbocycles. The first-order chi connectivity index (χ1) is 14.4. The molecular weight excluding hydrogens is 354 g/mol. The van der Waals surface area contributed by atoms with Gasteiger partial charge < -0.3 is 0 Å².